The smallest absolute Gasteiger partial charge is 0.0304 e. The summed E-state index contributed by atoms with van der Waals surface area (Å²) in [6.07, 6.45) is 4.69. The fraction of sp³-hybridized carbons (Fsp3) is 1.00. The zero-order valence-electron chi connectivity index (χ0n) is 13.8. The quantitative estimate of drug-likeness (QED) is 0.771. The molecule has 2 unspecified atom stereocenters. The van der Waals surface area contributed by atoms with Gasteiger partial charge in [0.2, 0.25) is 0 Å². The van der Waals surface area contributed by atoms with Crippen LogP contribution in [0.1, 0.15) is 47.5 Å². The van der Waals surface area contributed by atoms with Gasteiger partial charge in [-0.2, -0.15) is 11.8 Å². The maximum atomic E-state index is 3.85. The Morgan fingerprint density at radius 1 is 1.26 bits per heavy atom. The Balaban J connectivity index is 2.73. The van der Waals surface area contributed by atoms with Crippen molar-refractivity contribution in [3.05, 3.63) is 0 Å². The van der Waals surface area contributed by atoms with Crippen LogP contribution >= 0.6 is 11.8 Å². The molecule has 1 heterocycles. The lowest BCUT2D eigenvalue weighted by Crippen LogP contribution is -2.65. The summed E-state index contributed by atoms with van der Waals surface area (Å²) < 4.78 is 0. The van der Waals surface area contributed by atoms with E-state index < -0.39 is 0 Å². The van der Waals surface area contributed by atoms with Crippen molar-refractivity contribution in [2.24, 2.45) is 11.8 Å². The average molecular weight is 287 g/mol. The van der Waals surface area contributed by atoms with Crippen molar-refractivity contribution in [3.63, 3.8) is 0 Å². The molecule has 1 saturated heterocycles. The van der Waals surface area contributed by atoms with Crippen LogP contribution < -0.4 is 5.32 Å². The van der Waals surface area contributed by atoms with Gasteiger partial charge in [-0.05, 0) is 36.7 Å². The molecule has 1 N–H and O–H groups in total. The fourth-order valence-electron chi connectivity index (χ4n) is 3.33. The van der Waals surface area contributed by atoms with Crippen molar-refractivity contribution >= 4 is 11.8 Å². The third kappa shape index (κ3) is 4.64. The van der Waals surface area contributed by atoms with E-state index in [0.717, 1.165) is 18.4 Å². The molecule has 114 valence electrons. The minimum absolute atomic E-state index is 0.352. The van der Waals surface area contributed by atoms with Gasteiger partial charge in [0, 0.05) is 31.2 Å². The largest absolute Gasteiger partial charge is 0.308 e. The summed E-state index contributed by atoms with van der Waals surface area (Å²) in [5.41, 5.74) is 0.352. The number of piperazine rings is 1. The molecule has 2 atom stereocenters. The van der Waals surface area contributed by atoms with Crippen LogP contribution in [0.5, 0.6) is 0 Å². The Morgan fingerprint density at radius 3 is 2.37 bits per heavy atom. The van der Waals surface area contributed by atoms with Crippen molar-refractivity contribution in [1.82, 2.24) is 10.2 Å². The molecule has 1 aliphatic heterocycles. The Morgan fingerprint density at radius 2 is 1.89 bits per heavy atom. The zero-order valence-corrected chi connectivity index (χ0v) is 14.6. The Kier molecular flexibility index (Phi) is 7.20. The highest BCUT2D eigenvalue weighted by molar-refractivity contribution is 7.98. The number of rotatable bonds is 7. The lowest BCUT2D eigenvalue weighted by Gasteiger charge is -2.49. The third-order valence-electron chi connectivity index (χ3n) is 4.78. The second-order valence-corrected chi connectivity index (χ2v) is 7.58. The molecule has 1 rings (SSSR count). The van der Waals surface area contributed by atoms with Crippen LogP contribution in [0.2, 0.25) is 0 Å². The van der Waals surface area contributed by atoms with Gasteiger partial charge in [0.1, 0.15) is 0 Å². The van der Waals surface area contributed by atoms with Gasteiger partial charge in [-0.3, -0.25) is 4.90 Å². The molecule has 0 bridgehead atoms. The van der Waals surface area contributed by atoms with Crippen LogP contribution in [0.25, 0.3) is 0 Å². The first-order chi connectivity index (χ1) is 8.98. The molecule has 3 heteroatoms. The maximum Gasteiger partial charge on any atom is 0.0304 e. The summed E-state index contributed by atoms with van der Waals surface area (Å²) in [5, 5.41) is 3.85. The topological polar surface area (TPSA) is 15.3 Å². The number of thioether (sulfide) groups is 1. The Labute approximate surface area is 125 Å². The second kappa shape index (κ2) is 7.90. The summed E-state index contributed by atoms with van der Waals surface area (Å²) in [5.74, 6) is 2.81. The number of hydrogen-bond acceptors (Lipinski definition) is 3. The number of hydrogen-bond donors (Lipinski definition) is 1. The number of nitrogens with one attached hydrogen (secondary N) is 1. The van der Waals surface area contributed by atoms with Crippen LogP contribution in [0.15, 0.2) is 0 Å². The van der Waals surface area contributed by atoms with E-state index in [1.54, 1.807) is 0 Å². The molecule has 0 aromatic rings. The van der Waals surface area contributed by atoms with E-state index in [1.807, 2.05) is 11.8 Å². The highest BCUT2D eigenvalue weighted by Crippen LogP contribution is 2.26. The first-order valence-electron chi connectivity index (χ1n) is 7.96. The predicted octanol–water partition coefficient (Wildman–Crippen LogP) is 3.47. The first-order valence-corrected chi connectivity index (χ1v) is 9.35. The third-order valence-corrected chi connectivity index (χ3v) is 5.68. The van der Waals surface area contributed by atoms with E-state index >= 15 is 0 Å². The monoisotopic (exact) mass is 286 g/mol. The molecule has 0 aromatic heterocycles. The molecule has 1 fully saturated rings. The van der Waals surface area contributed by atoms with Gasteiger partial charge in [0.05, 0.1) is 0 Å². The molecule has 0 spiro atoms. The van der Waals surface area contributed by atoms with Gasteiger partial charge >= 0.3 is 0 Å². The van der Waals surface area contributed by atoms with Crippen molar-refractivity contribution in [2.45, 2.75) is 59.0 Å². The average Bonchev–Trinajstić information content (AvgIpc) is 2.38. The van der Waals surface area contributed by atoms with E-state index in [2.05, 4.69) is 51.1 Å². The fourth-order valence-corrected chi connectivity index (χ4v) is 4.00. The summed E-state index contributed by atoms with van der Waals surface area (Å²) >= 11 is 1.98. The van der Waals surface area contributed by atoms with Gasteiger partial charge in [0.15, 0.2) is 0 Å². The number of nitrogens with zero attached hydrogens (tertiary/aromatic N) is 1. The standard InChI is InChI=1S/C16H34N2S/c1-7-16(8-2)12-18(10-14(5)11-19-6)15(9-17-16)13(3)4/h13-15,17H,7-12H2,1-6H3. The Hall–Kier alpha value is 0.270. The van der Waals surface area contributed by atoms with Crippen molar-refractivity contribution in [3.8, 4) is 0 Å². The maximum absolute atomic E-state index is 3.85. The van der Waals surface area contributed by atoms with E-state index in [1.165, 1.54) is 31.7 Å². The van der Waals surface area contributed by atoms with Crippen LogP contribution in [0, 0.1) is 11.8 Å². The van der Waals surface area contributed by atoms with Crippen molar-refractivity contribution in [2.75, 3.05) is 31.6 Å². The van der Waals surface area contributed by atoms with Gasteiger partial charge in [-0.1, -0.05) is 34.6 Å². The lowest BCUT2D eigenvalue weighted by molar-refractivity contribution is 0.0423. The molecule has 0 radical (unpaired) electrons. The highest BCUT2D eigenvalue weighted by Gasteiger charge is 2.37. The van der Waals surface area contributed by atoms with Crippen molar-refractivity contribution in [1.29, 1.82) is 0 Å². The Bertz CT molecular complexity index is 251. The normalized spacial score (nSPS) is 25.7. The molecule has 0 saturated carbocycles. The van der Waals surface area contributed by atoms with Crippen molar-refractivity contribution < 1.29 is 0 Å². The molecule has 0 aromatic carbocycles. The molecular weight excluding hydrogens is 252 g/mol. The van der Waals surface area contributed by atoms with Crippen LogP contribution in [-0.4, -0.2) is 48.1 Å². The van der Waals surface area contributed by atoms with Gasteiger partial charge < -0.3 is 5.32 Å². The summed E-state index contributed by atoms with van der Waals surface area (Å²) in [7, 11) is 0. The van der Waals surface area contributed by atoms with E-state index in [-0.39, 0.29) is 0 Å². The van der Waals surface area contributed by atoms with Gasteiger partial charge in [-0.25, -0.2) is 0 Å². The van der Waals surface area contributed by atoms with Crippen LogP contribution in [0.4, 0.5) is 0 Å². The van der Waals surface area contributed by atoms with Crippen LogP contribution in [-0.2, 0) is 0 Å². The van der Waals surface area contributed by atoms with Gasteiger partial charge in [-0.15, -0.1) is 0 Å². The second-order valence-electron chi connectivity index (χ2n) is 6.67. The molecule has 0 aliphatic carbocycles. The molecule has 19 heavy (non-hydrogen) atoms. The summed E-state index contributed by atoms with van der Waals surface area (Å²) in [4.78, 5) is 2.77. The van der Waals surface area contributed by atoms with Gasteiger partial charge in [0.25, 0.3) is 0 Å². The predicted molar refractivity (Wildman–Crippen MR) is 89.1 cm³/mol. The minimum atomic E-state index is 0.352. The van der Waals surface area contributed by atoms with E-state index in [9.17, 15) is 0 Å². The lowest BCUT2D eigenvalue weighted by atomic mass is 9.86. The molecular formula is C16H34N2S. The highest BCUT2D eigenvalue weighted by atomic mass is 32.2. The van der Waals surface area contributed by atoms with Crippen LogP contribution in [0.3, 0.4) is 0 Å². The SMILES string of the molecule is CCC1(CC)CN(CC(C)CSC)C(C(C)C)CN1. The van der Waals surface area contributed by atoms with E-state index in [0.29, 0.717) is 11.6 Å². The summed E-state index contributed by atoms with van der Waals surface area (Å²) in [6, 6.07) is 0.704. The minimum Gasteiger partial charge on any atom is -0.308 e. The molecule has 2 nitrogen and oxygen atoms in total. The molecule has 0 amide bonds. The zero-order chi connectivity index (χ0) is 14.5. The first kappa shape index (κ1) is 17.3. The molecule has 1 aliphatic rings. The summed E-state index contributed by atoms with van der Waals surface area (Å²) in [6.45, 7) is 15.4. The van der Waals surface area contributed by atoms with E-state index in [4.69, 9.17) is 0 Å².